The fourth-order valence-corrected chi connectivity index (χ4v) is 7.30. The average molecular weight is 883 g/mol. The Bertz CT molecular complexity index is 1200. The Balaban J connectivity index is 4.41. The smallest absolute Gasteiger partial charge is 0.462 e. The number of carbonyl (C=O) groups excluding carboxylic acids is 2. The number of aliphatic hydroxyl groups excluding tert-OH is 1. The lowest BCUT2D eigenvalue weighted by atomic mass is 10.0. The quantitative estimate of drug-likeness (QED) is 0.0153. The molecule has 0 aliphatic heterocycles. The maximum atomic E-state index is 12.7. The Kier molecular flexibility index (Phi) is 40.5. The first-order chi connectivity index (χ1) is 29.4. The molecule has 0 rings (SSSR count). The number of unbranched alkanes of at least 4 members (excludes halogenated alkanes) is 22. The van der Waals surface area contributed by atoms with Crippen molar-refractivity contribution in [2.45, 2.75) is 212 Å². The van der Waals surface area contributed by atoms with Crippen molar-refractivity contribution in [3.05, 3.63) is 48.6 Å². The van der Waals surface area contributed by atoms with Gasteiger partial charge in [0.25, 0.3) is 0 Å². The lowest BCUT2D eigenvalue weighted by molar-refractivity contribution is -0.870. The molecule has 10 nitrogen and oxygen atoms in total. The number of likely N-dealkylation sites (N-methyl/N-ethyl adjacent to an activating group) is 1. The van der Waals surface area contributed by atoms with Gasteiger partial charge in [0.15, 0.2) is 6.10 Å². The summed E-state index contributed by atoms with van der Waals surface area (Å²) in [5.74, 6) is -0.900. The van der Waals surface area contributed by atoms with Gasteiger partial charge < -0.3 is 24.0 Å². The number of quaternary nitrogens is 1. The molecule has 0 saturated heterocycles. The second-order valence-corrected chi connectivity index (χ2v) is 19.2. The molecule has 0 bridgehead atoms. The number of aliphatic hydroxyl groups is 1. The van der Waals surface area contributed by atoms with Crippen LogP contribution in [0.25, 0.3) is 0 Å². The SMILES string of the molecule is CCCCC/C=C\C=C/[C@H](O)C/C=C\C/C=C/CCCC(=O)O[C@H](COC(=O)CCCCCCCCCCCCCCCCCCCCC)COP(=O)(O)OCC[N+](C)(C)C. The van der Waals surface area contributed by atoms with Gasteiger partial charge >= 0.3 is 19.8 Å². The summed E-state index contributed by atoms with van der Waals surface area (Å²) < 4.78 is 34.3. The number of nitrogens with zero attached hydrogens (tertiary/aromatic N) is 1. The number of allylic oxidation sites excluding steroid dienone is 6. The molecule has 0 spiro atoms. The minimum absolute atomic E-state index is 0.00981. The third-order valence-corrected chi connectivity index (χ3v) is 11.4. The lowest BCUT2D eigenvalue weighted by Crippen LogP contribution is -2.37. The number of hydrogen-bond acceptors (Lipinski definition) is 8. The molecule has 0 aliphatic rings. The Labute approximate surface area is 374 Å². The van der Waals surface area contributed by atoms with Crippen LogP contribution in [0.5, 0.6) is 0 Å². The van der Waals surface area contributed by atoms with E-state index < -0.39 is 38.6 Å². The largest absolute Gasteiger partial charge is 0.472 e. The summed E-state index contributed by atoms with van der Waals surface area (Å²) in [6.45, 7) is 4.25. The molecule has 2 N–H and O–H groups in total. The van der Waals surface area contributed by atoms with Crippen molar-refractivity contribution in [1.29, 1.82) is 0 Å². The summed E-state index contributed by atoms with van der Waals surface area (Å²) in [6.07, 6.45) is 46.2. The third kappa shape index (κ3) is 45.8. The molecular weight excluding hydrogens is 790 g/mol. The molecule has 0 heterocycles. The van der Waals surface area contributed by atoms with Crippen molar-refractivity contribution >= 4 is 19.8 Å². The Morgan fingerprint density at radius 2 is 1.10 bits per heavy atom. The van der Waals surface area contributed by atoms with Gasteiger partial charge in [0, 0.05) is 12.8 Å². The number of phosphoric acid groups is 1. The van der Waals surface area contributed by atoms with Crippen LogP contribution >= 0.6 is 7.82 Å². The Morgan fingerprint density at radius 3 is 1.67 bits per heavy atom. The van der Waals surface area contributed by atoms with Gasteiger partial charge in [-0.15, -0.1) is 0 Å². The maximum Gasteiger partial charge on any atom is 0.472 e. The van der Waals surface area contributed by atoms with Crippen LogP contribution in [-0.4, -0.2) is 86.1 Å². The monoisotopic (exact) mass is 883 g/mol. The van der Waals surface area contributed by atoms with Gasteiger partial charge in [0.05, 0.1) is 33.9 Å². The van der Waals surface area contributed by atoms with E-state index in [0.29, 0.717) is 30.3 Å². The summed E-state index contributed by atoms with van der Waals surface area (Å²) >= 11 is 0. The van der Waals surface area contributed by atoms with Gasteiger partial charge in [-0.05, 0) is 44.9 Å². The van der Waals surface area contributed by atoms with Crippen molar-refractivity contribution in [1.82, 2.24) is 0 Å². The van der Waals surface area contributed by atoms with Crippen LogP contribution in [0.4, 0.5) is 0 Å². The van der Waals surface area contributed by atoms with Gasteiger partial charge in [-0.25, -0.2) is 4.57 Å². The van der Waals surface area contributed by atoms with Crippen LogP contribution in [0.1, 0.15) is 200 Å². The second-order valence-electron chi connectivity index (χ2n) is 17.7. The predicted octanol–water partition coefficient (Wildman–Crippen LogP) is 13.2. The average Bonchev–Trinajstić information content (AvgIpc) is 3.21. The zero-order valence-corrected chi connectivity index (χ0v) is 40.6. The zero-order valence-electron chi connectivity index (χ0n) is 39.8. The molecule has 0 fully saturated rings. The third-order valence-electron chi connectivity index (χ3n) is 10.4. The first kappa shape index (κ1) is 58.9. The van der Waals surface area contributed by atoms with Gasteiger partial charge in [-0.1, -0.05) is 191 Å². The molecule has 356 valence electrons. The van der Waals surface area contributed by atoms with Gasteiger partial charge in [-0.3, -0.25) is 18.6 Å². The van der Waals surface area contributed by atoms with Crippen molar-refractivity contribution < 1.29 is 47.2 Å². The highest BCUT2D eigenvalue weighted by molar-refractivity contribution is 7.47. The fraction of sp³-hybridized carbons (Fsp3) is 0.800. The van der Waals surface area contributed by atoms with E-state index in [2.05, 4.69) is 19.9 Å². The van der Waals surface area contributed by atoms with E-state index in [4.69, 9.17) is 18.5 Å². The molecule has 0 aromatic carbocycles. The highest BCUT2D eigenvalue weighted by atomic mass is 31.2. The first-order valence-corrected chi connectivity index (χ1v) is 26.0. The molecule has 0 amide bonds. The van der Waals surface area contributed by atoms with Crippen LogP contribution in [0.2, 0.25) is 0 Å². The normalized spacial score (nSPS) is 14.4. The van der Waals surface area contributed by atoms with Gasteiger partial charge in [0.2, 0.25) is 0 Å². The van der Waals surface area contributed by atoms with E-state index in [1.165, 1.54) is 122 Å². The predicted molar refractivity (Wildman–Crippen MR) is 253 cm³/mol. The van der Waals surface area contributed by atoms with Crippen molar-refractivity contribution in [3.8, 4) is 0 Å². The first-order valence-electron chi connectivity index (χ1n) is 24.5. The number of esters is 2. The van der Waals surface area contributed by atoms with Crippen LogP contribution in [0.15, 0.2) is 48.6 Å². The van der Waals surface area contributed by atoms with Crippen LogP contribution < -0.4 is 0 Å². The van der Waals surface area contributed by atoms with Crippen molar-refractivity contribution in [2.24, 2.45) is 0 Å². The molecule has 0 aromatic heterocycles. The summed E-state index contributed by atoms with van der Waals surface area (Å²) in [5, 5.41) is 10.1. The number of hydrogen-bond donors (Lipinski definition) is 2. The summed E-state index contributed by atoms with van der Waals surface area (Å²) in [5.41, 5.74) is 0. The molecule has 0 aromatic rings. The number of phosphoric ester groups is 1. The van der Waals surface area contributed by atoms with Crippen molar-refractivity contribution in [3.63, 3.8) is 0 Å². The maximum absolute atomic E-state index is 12.7. The van der Waals surface area contributed by atoms with Crippen LogP contribution in [-0.2, 0) is 32.7 Å². The molecule has 3 atom stereocenters. The van der Waals surface area contributed by atoms with E-state index in [1.54, 1.807) is 6.08 Å². The molecule has 0 aliphatic carbocycles. The van der Waals surface area contributed by atoms with Crippen molar-refractivity contribution in [2.75, 3.05) is 47.5 Å². The molecule has 0 radical (unpaired) electrons. The number of ether oxygens (including phenoxy) is 2. The van der Waals surface area contributed by atoms with E-state index in [1.807, 2.05) is 57.6 Å². The minimum Gasteiger partial charge on any atom is -0.462 e. The topological polar surface area (TPSA) is 129 Å². The molecule has 61 heavy (non-hydrogen) atoms. The molecular formula is C50H93NO9P+. The van der Waals surface area contributed by atoms with Crippen LogP contribution in [0, 0.1) is 0 Å². The summed E-state index contributed by atoms with van der Waals surface area (Å²) in [7, 11) is 1.40. The molecule has 0 saturated carbocycles. The minimum atomic E-state index is -4.41. The van der Waals surface area contributed by atoms with Gasteiger partial charge in [0.1, 0.15) is 19.8 Å². The van der Waals surface area contributed by atoms with E-state index in [9.17, 15) is 24.2 Å². The Morgan fingerprint density at radius 1 is 0.590 bits per heavy atom. The van der Waals surface area contributed by atoms with E-state index in [0.717, 1.165) is 32.1 Å². The lowest BCUT2D eigenvalue weighted by Gasteiger charge is -2.24. The van der Waals surface area contributed by atoms with Gasteiger partial charge in [-0.2, -0.15) is 0 Å². The molecule has 11 heteroatoms. The summed E-state index contributed by atoms with van der Waals surface area (Å²) in [4.78, 5) is 35.5. The van der Waals surface area contributed by atoms with E-state index in [-0.39, 0.29) is 26.1 Å². The fourth-order valence-electron chi connectivity index (χ4n) is 6.56. The summed E-state index contributed by atoms with van der Waals surface area (Å²) in [6, 6.07) is 0. The molecule has 1 unspecified atom stereocenters. The highest BCUT2D eigenvalue weighted by Crippen LogP contribution is 2.43. The second kappa shape index (κ2) is 41.9. The standard InChI is InChI=1S/C50H92NO9P/c1-6-8-10-12-14-15-16-17-18-19-20-21-22-23-24-25-29-33-37-41-49(53)57-45-48(46-59-61(55,56)58-44-43-51(3,4)5)60-50(54)42-38-34-30-26-28-32-36-40-47(52)39-35-31-27-13-11-9-7-2/h26-27,30-32,35-36,39,47-48,52H,6-25,28-29,33-34,37-38,40-46H2,1-5H3/p+1/b30-26+,31-27-,36-32-,39-35-/t47-,48+/m0/s1. The number of carbonyl (C=O) groups is 2. The van der Waals surface area contributed by atoms with Crippen LogP contribution in [0.3, 0.4) is 0 Å². The number of rotatable bonds is 44. The zero-order chi connectivity index (χ0) is 45.1. The van der Waals surface area contributed by atoms with E-state index >= 15 is 0 Å². The Hall–Kier alpha value is -2.07. The highest BCUT2D eigenvalue weighted by Gasteiger charge is 2.27.